The number of halogens is 1. The Labute approximate surface area is 108 Å². The number of hydrogen-bond donors (Lipinski definition) is 1. The van der Waals surface area contributed by atoms with Gasteiger partial charge < -0.3 is 5.32 Å². The number of hydrogen-bond acceptors (Lipinski definition) is 4. The first-order chi connectivity index (χ1) is 8.34. The summed E-state index contributed by atoms with van der Waals surface area (Å²) >= 11 is 3.49. The molecule has 1 N–H and O–H groups in total. The Morgan fingerprint density at radius 1 is 1.29 bits per heavy atom. The molecule has 17 heavy (non-hydrogen) atoms. The van der Waals surface area contributed by atoms with Gasteiger partial charge in [0, 0.05) is 32.4 Å². The molecule has 3 rings (SSSR count). The third-order valence-electron chi connectivity index (χ3n) is 3.03. The minimum absolute atomic E-state index is 0.860. The summed E-state index contributed by atoms with van der Waals surface area (Å²) in [6, 6.07) is 3.99. The molecule has 0 unspecified atom stereocenters. The number of fused-ring (bicyclic) bond motifs is 1. The number of pyridine rings is 1. The summed E-state index contributed by atoms with van der Waals surface area (Å²) in [4.78, 5) is 2.40. The molecule has 6 heteroatoms. The molecule has 2 aromatic heterocycles. The molecule has 1 fully saturated rings. The first-order valence-corrected chi connectivity index (χ1v) is 6.55. The molecule has 5 nitrogen and oxygen atoms in total. The van der Waals surface area contributed by atoms with Gasteiger partial charge in [-0.25, -0.2) is 0 Å². The average molecular weight is 296 g/mol. The summed E-state index contributed by atoms with van der Waals surface area (Å²) in [6.45, 7) is 5.12. The number of rotatable bonds is 2. The van der Waals surface area contributed by atoms with Gasteiger partial charge in [-0.1, -0.05) is 0 Å². The highest BCUT2D eigenvalue weighted by atomic mass is 79.9. The van der Waals surface area contributed by atoms with Crippen LogP contribution in [0.1, 0.15) is 5.82 Å². The number of piperazine rings is 1. The molecule has 0 atom stereocenters. The first kappa shape index (κ1) is 11.1. The van der Waals surface area contributed by atoms with Gasteiger partial charge in [-0.15, -0.1) is 10.2 Å². The van der Waals surface area contributed by atoms with Crippen molar-refractivity contribution in [3.63, 3.8) is 0 Å². The van der Waals surface area contributed by atoms with Crippen LogP contribution in [0.15, 0.2) is 22.8 Å². The van der Waals surface area contributed by atoms with Gasteiger partial charge >= 0.3 is 0 Å². The number of aromatic nitrogens is 3. The Morgan fingerprint density at radius 3 is 2.94 bits per heavy atom. The fourth-order valence-corrected chi connectivity index (χ4v) is 2.53. The predicted octanol–water partition coefficient (Wildman–Crippen LogP) is 0.897. The van der Waals surface area contributed by atoms with Crippen molar-refractivity contribution in [2.45, 2.75) is 6.54 Å². The van der Waals surface area contributed by atoms with Crippen LogP contribution >= 0.6 is 15.9 Å². The summed E-state index contributed by atoms with van der Waals surface area (Å²) in [5.41, 5.74) is 0.887. The number of nitrogens with zero attached hydrogens (tertiary/aromatic N) is 4. The smallest absolute Gasteiger partial charge is 0.175 e. The van der Waals surface area contributed by atoms with Crippen molar-refractivity contribution in [1.82, 2.24) is 24.8 Å². The van der Waals surface area contributed by atoms with Crippen LogP contribution in [0.4, 0.5) is 0 Å². The van der Waals surface area contributed by atoms with E-state index >= 15 is 0 Å². The molecular formula is C11H14BrN5. The second-order valence-corrected chi connectivity index (χ2v) is 5.05. The van der Waals surface area contributed by atoms with E-state index in [4.69, 9.17) is 0 Å². The molecule has 1 aliphatic heterocycles. The minimum atomic E-state index is 0.860. The topological polar surface area (TPSA) is 45.5 Å². The van der Waals surface area contributed by atoms with Gasteiger partial charge in [-0.3, -0.25) is 9.30 Å². The van der Waals surface area contributed by atoms with Crippen molar-refractivity contribution in [1.29, 1.82) is 0 Å². The quantitative estimate of drug-likeness (QED) is 0.894. The lowest BCUT2D eigenvalue weighted by Gasteiger charge is -2.26. The lowest BCUT2D eigenvalue weighted by molar-refractivity contribution is 0.227. The molecule has 0 saturated carbocycles. The molecule has 0 spiro atoms. The van der Waals surface area contributed by atoms with Crippen LogP contribution in [0.3, 0.4) is 0 Å². The highest BCUT2D eigenvalue weighted by Gasteiger charge is 2.14. The molecular weight excluding hydrogens is 282 g/mol. The molecule has 90 valence electrons. The monoisotopic (exact) mass is 295 g/mol. The van der Waals surface area contributed by atoms with E-state index in [9.17, 15) is 0 Å². The van der Waals surface area contributed by atoms with Gasteiger partial charge in [0.25, 0.3) is 0 Å². The van der Waals surface area contributed by atoms with Crippen molar-refractivity contribution in [3.8, 4) is 0 Å². The molecule has 0 amide bonds. The normalized spacial score (nSPS) is 17.7. The largest absolute Gasteiger partial charge is 0.314 e. The van der Waals surface area contributed by atoms with Crippen molar-refractivity contribution in [3.05, 3.63) is 28.6 Å². The first-order valence-electron chi connectivity index (χ1n) is 5.76. The van der Waals surface area contributed by atoms with Crippen molar-refractivity contribution in [2.24, 2.45) is 0 Å². The van der Waals surface area contributed by atoms with Gasteiger partial charge in [0.15, 0.2) is 11.5 Å². The van der Waals surface area contributed by atoms with Crippen LogP contribution in [0.2, 0.25) is 0 Å². The number of nitrogens with one attached hydrogen (secondary N) is 1. The Morgan fingerprint density at radius 2 is 2.12 bits per heavy atom. The van der Waals surface area contributed by atoms with Crippen molar-refractivity contribution < 1.29 is 0 Å². The molecule has 1 saturated heterocycles. The molecule has 0 bridgehead atoms. The fourth-order valence-electron chi connectivity index (χ4n) is 2.11. The van der Waals surface area contributed by atoms with E-state index in [0.717, 1.165) is 48.7 Å². The van der Waals surface area contributed by atoms with E-state index in [1.807, 2.05) is 22.7 Å². The minimum Gasteiger partial charge on any atom is -0.314 e. The lowest BCUT2D eigenvalue weighted by Crippen LogP contribution is -2.43. The molecule has 0 radical (unpaired) electrons. The standard InChI is InChI=1S/C11H14BrN5/c12-9-2-1-5-17-10(14-15-11(9)17)8-16-6-3-13-4-7-16/h1-2,5,13H,3-4,6-8H2. The van der Waals surface area contributed by atoms with E-state index < -0.39 is 0 Å². The Kier molecular flexibility index (Phi) is 3.09. The maximum Gasteiger partial charge on any atom is 0.175 e. The van der Waals surface area contributed by atoms with E-state index in [1.54, 1.807) is 0 Å². The Bertz CT molecular complexity index is 518. The summed E-state index contributed by atoms with van der Waals surface area (Å²) in [5.74, 6) is 1.00. The summed E-state index contributed by atoms with van der Waals surface area (Å²) in [6.07, 6.45) is 2.01. The van der Waals surface area contributed by atoms with Crippen LogP contribution < -0.4 is 5.32 Å². The van der Waals surface area contributed by atoms with Crippen LogP contribution in [0.5, 0.6) is 0 Å². The van der Waals surface area contributed by atoms with Crippen LogP contribution in [-0.2, 0) is 6.54 Å². The molecule has 1 aliphatic rings. The van der Waals surface area contributed by atoms with Gasteiger partial charge in [0.2, 0.25) is 0 Å². The molecule has 0 aliphatic carbocycles. The van der Waals surface area contributed by atoms with Gasteiger partial charge in [-0.05, 0) is 28.1 Å². The van der Waals surface area contributed by atoms with E-state index in [1.165, 1.54) is 0 Å². The van der Waals surface area contributed by atoms with Crippen LogP contribution in [0.25, 0.3) is 5.65 Å². The third-order valence-corrected chi connectivity index (χ3v) is 3.65. The Balaban J connectivity index is 1.87. The zero-order valence-electron chi connectivity index (χ0n) is 9.43. The predicted molar refractivity (Wildman–Crippen MR) is 68.8 cm³/mol. The van der Waals surface area contributed by atoms with Crippen molar-refractivity contribution in [2.75, 3.05) is 26.2 Å². The van der Waals surface area contributed by atoms with E-state index in [-0.39, 0.29) is 0 Å². The van der Waals surface area contributed by atoms with Crippen LogP contribution in [-0.4, -0.2) is 45.7 Å². The summed E-state index contributed by atoms with van der Waals surface area (Å²) in [5, 5.41) is 11.8. The maximum atomic E-state index is 4.27. The average Bonchev–Trinajstić information content (AvgIpc) is 2.76. The molecule has 3 heterocycles. The summed E-state index contributed by atoms with van der Waals surface area (Å²) in [7, 11) is 0. The lowest BCUT2D eigenvalue weighted by atomic mass is 10.3. The third kappa shape index (κ3) is 2.20. The van der Waals surface area contributed by atoms with Gasteiger partial charge in [0.1, 0.15) is 0 Å². The van der Waals surface area contributed by atoms with Gasteiger partial charge in [0.05, 0.1) is 11.0 Å². The fraction of sp³-hybridized carbons (Fsp3) is 0.455. The van der Waals surface area contributed by atoms with E-state index in [2.05, 4.69) is 36.3 Å². The maximum absolute atomic E-state index is 4.27. The summed E-state index contributed by atoms with van der Waals surface area (Å²) < 4.78 is 3.03. The zero-order valence-corrected chi connectivity index (χ0v) is 11.0. The zero-order chi connectivity index (χ0) is 11.7. The molecule has 2 aromatic rings. The SMILES string of the molecule is Brc1cccn2c(CN3CCNCC3)nnc12. The molecule has 0 aromatic carbocycles. The second-order valence-electron chi connectivity index (χ2n) is 4.19. The highest BCUT2D eigenvalue weighted by molar-refractivity contribution is 9.10. The van der Waals surface area contributed by atoms with Gasteiger partial charge in [-0.2, -0.15) is 0 Å². The van der Waals surface area contributed by atoms with Crippen LogP contribution in [0, 0.1) is 0 Å². The Hall–Kier alpha value is -0.980. The van der Waals surface area contributed by atoms with E-state index in [0.29, 0.717) is 0 Å². The second kappa shape index (κ2) is 4.72. The van der Waals surface area contributed by atoms with Crippen molar-refractivity contribution >= 4 is 21.6 Å². The highest BCUT2D eigenvalue weighted by Crippen LogP contribution is 2.16.